The Kier molecular flexibility index (Phi) is 3.04. The number of rotatable bonds is 4. The molecular formula is C14H26N2. The zero-order valence-electron chi connectivity index (χ0n) is 11.4. The van der Waals surface area contributed by atoms with Gasteiger partial charge in [0.05, 0.1) is 0 Å². The van der Waals surface area contributed by atoms with Crippen molar-refractivity contribution in [3.05, 3.63) is 11.8 Å². The van der Waals surface area contributed by atoms with Crippen LogP contribution in [0.4, 0.5) is 0 Å². The number of likely N-dealkylation sites (tertiary alicyclic amines) is 1. The van der Waals surface area contributed by atoms with Gasteiger partial charge in [-0.3, -0.25) is 0 Å². The minimum atomic E-state index is 0.449. The van der Waals surface area contributed by atoms with Gasteiger partial charge in [-0.25, -0.2) is 0 Å². The zero-order chi connectivity index (χ0) is 11.9. The minimum absolute atomic E-state index is 0.449. The monoisotopic (exact) mass is 222 g/mol. The normalized spacial score (nSPS) is 39.4. The lowest BCUT2D eigenvalue weighted by Gasteiger charge is -2.41. The molecule has 0 aromatic rings. The Morgan fingerprint density at radius 2 is 2.19 bits per heavy atom. The van der Waals surface area contributed by atoms with Gasteiger partial charge < -0.3 is 10.2 Å². The van der Waals surface area contributed by atoms with Crippen molar-refractivity contribution in [3.63, 3.8) is 0 Å². The molecule has 0 bridgehead atoms. The summed E-state index contributed by atoms with van der Waals surface area (Å²) >= 11 is 0. The molecule has 0 aromatic heterocycles. The molecule has 0 aliphatic carbocycles. The first kappa shape index (κ1) is 12.0. The molecule has 1 N–H and O–H groups in total. The highest BCUT2D eigenvalue weighted by atomic mass is 15.2. The Labute approximate surface area is 100 Å². The summed E-state index contributed by atoms with van der Waals surface area (Å²) in [5.41, 5.74) is 1.99. The van der Waals surface area contributed by atoms with Crippen LogP contribution in [0.5, 0.6) is 0 Å². The van der Waals surface area contributed by atoms with Crippen LogP contribution in [0.1, 0.15) is 40.5 Å². The lowest BCUT2D eigenvalue weighted by Crippen LogP contribution is -2.40. The van der Waals surface area contributed by atoms with Crippen molar-refractivity contribution in [2.45, 2.75) is 52.1 Å². The van der Waals surface area contributed by atoms with Gasteiger partial charge in [-0.15, -0.1) is 0 Å². The highest BCUT2D eigenvalue weighted by molar-refractivity contribution is 5.14. The molecule has 2 aliphatic heterocycles. The maximum absolute atomic E-state index is 3.46. The van der Waals surface area contributed by atoms with Crippen molar-refractivity contribution in [2.75, 3.05) is 13.6 Å². The molecule has 0 radical (unpaired) electrons. The minimum Gasteiger partial charge on any atom is -0.375 e. The average Bonchev–Trinajstić information content (AvgIpc) is 2.94. The topological polar surface area (TPSA) is 25.2 Å². The molecule has 2 nitrogen and oxygen atoms in total. The Morgan fingerprint density at radius 3 is 2.62 bits per heavy atom. The van der Waals surface area contributed by atoms with Gasteiger partial charge in [-0.1, -0.05) is 19.9 Å². The summed E-state index contributed by atoms with van der Waals surface area (Å²) in [6.07, 6.45) is 5.05. The summed E-state index contributed by atoms with van der Waals surface area (Å²) in [5.74, 6) is 1.47. The van der Waals surface area contributed by atoms with Crippen LogP contribution in [-0.2, 0) is 0 Å². The first-order valence-electron chi connectivity index (χ1n) is 6.60. The van der Waals surface area contributed by atoms with Gasteiger partial charge in [0.15, 0.2) is 0 Å². The summed E-state index contributed by atoms with van der Waals surface area (Å²) in [7, 11) is 2.21. The van der Waals surface area contributed by atoms with Gasteiger partial charge in [0, 0.05) is 37.3 Å². The lowest BCUT2D eigenvalue weighted by molar-refractivity contribution is 0.210. The molecule has 0 aromatic carbocycles. The zero-order valence-corrected chi connectivity index (χ0v) is 11.4. The van der Waals surface area contributed by atoms with Crippen molar-refractivity contribution in [3.8, 4) is 0 Å². The Morgan fingerprint density at radius 1 is 1.56 bits per heavy atom. The van der Waals surface area contributed by atoms with Crippen LogP contribution in [0.3, 0.4) is 0 Å². The Bertz CT molecular complexity index is 291. The average molecular weight is 222 g/mol. The van der Waals surface area contributed by atoms with Crippen LogP contribution in [0.2, 0.25) is 0 Å². The maximum atomic E-state index is 3.46. The van der Waals surface area contributed by atoms with Crippen LogP contribution in [-0.4, -0.2) is 30.1 Å². The van der Waals surface area contributed by atoms with Crippen LogP contribution in [0.15, 0.2) is 11.8 Å². The van der Waals surface area contributed by atoms with E-state index in [1.165, 1.54) is 19.4 Å². The van der Waals surface area contributed by atoms with E-state index in [2.05, 4.69) is 51.0 Å². The van der Waals surface area contributed by atoms with Crippen LogP contribution < -0.4 is 5.32 Å². The molecule has 2 heterocycles. The number of nitrogens with zero attached hydrogens (tertiary/aromatic N) is 1. The van der Waals surface area contributed by atoms with Crippen molar-refractivity contribution < 1.29 is 0 Å². The van der Waals surface area contributed by atoms with Gasteiger partial charge in [-0.05, 0) is 32.1 Å². The van der Waals surface area contributed by atoms with Gasteiger partial charge in [-0.2, -0.15) is 0 Å². The number of nitrogens with one attached hydrogen (secondary N) is 1. The largest absolute Gasteiger partial charge is 0.375 e. The van der Waals surface area contributed by atoms with Crippen molar-refractivity contribution in [1.82, 2.24) is 10.2 Å². The summed E-state index contributed by atoms with van der Waals surface area (Å²) < 4.78 is 0. The Hall–Kier alpha value is -0.500. The number of hydrogen-bond acceptors (Lipinski definition) is 2. The SMILES string of the molecule is CC(/C=C1\CC(C)N1C)C(C)CC1(C)CN1. The molecule has 0 saturated carbocycles. The fourth-order valence-electron chi connectivity index (χ4n) is 2.60. The van der Waals surface area contributed by atoms with E-state index in [0.29, 0.717) is 11.5 Å². The predicted molar refractivity (Wildman–Crippen MR) is 69.3 cm³/mol. The van der Waals surface area contributed by atoms with E-state index in [4.69, 9.17) is 0 Å². The maximum Gasteiger partial charge on any atom is 0.0309 e. The van der Waals surface area contributed by atoms with Crippen molar-refractivity contribution in [2.24, 2.45) is 11.8 Å². The summed E-state index contributed by atoms with van der Waals surface area (Å²) in [5, 5.41) is 3.46. The highest BCUT2D eigenvalue weighted by Gasteiger charge is 2.38. The van der Waals surface area contributed by atoms with Crippen LogP contribution in [0, 0.1) is 11.8 Å². The molecule has 2 aliphatic rings. The van der Waals surface area contributed by atoms with Gasteiger partial charge in [0.2, 0.25) is 0 Å². The smallest absolute Gasteiger partial charge is 0.0309 e. The standard InChI is InChI=1S/C14H26N2/c1-10(6-13-7-12(3)16(13)5)11(2)8-14(4)9-15-14/h6,10-12,15H,7-9H2,1-5H3/b13-6+. The first-order valence-corrected chi connectivity index (χ1v) is 6.60. The van der Waals surface area contributed by atoms with E-state index < -0.39 is 0 Å². The van der Waals surface area contributed by atoms with E-state index in [0.717, 1.165) is 12.0 Å². The third-order valence-electron chi connectivity index (χ3n) is 4.52. The third kappa shape index (κ3) is 2.42. The molecule has 4 unspecified atom stereocenters. The molecular weight excluding hydrogens is 196 g/mol. The number of allylic oxidation sites excluding steroid dienone is 1. The predicted octanol–water partition coefficient (Wildman–Crippen LogP) is 2.62. The fraction of sp³-hybridized carbons (Fsp3) is 0.857. The van der Waals surface area contributed by atoms with E-state index in [1.54, 1.807) is 5.70 Å². The van der Waals surface area contributed by atoms with Gasteiger partial charge in [0.1, 0.15) is 0 Å². The van der Waals surface area contributed by atoms with Crippen molar-refractivity contribution >= 4 is 0 Å². The van der Waals surface area contributed by atoms with Crippen LogP contribution in [0.25, 0.3) is 0 Å². The second kappa shape index (κ2) is 4.06. The molecule has 0 spiro atoms. The molecule has 2 heteroatoms. The van der Waals surface area contributed by atoms with Crippen molar-refractivity contribution in [1.29, 1.82) is 0 Å². The lowest BCUT2D eigenvalue weighted by atomic mass is 9.85. The molecule has 16 heavy (non-hydrogen) atoms. The van der Waals surface area contributed by atoms with Crippen LogP contribution >= 0.6 is 0 Å². The molecule has 0 amide bonds. The molecule has 2 saturated heterocycles. The molecule has 4 atom stereocenters. The van der Waals surface area contributed by atoms with E-state index in [9.17, 15) is 0 Å². The molecule has 2 rings (SSSR count). The fourth-order valence-corrected chi connectivity index (χ4v) is 2.60. The summed E-state index contributed by atoms with van der Waals surface area (Å²) in [4.78, 5) is 2.40. The number of hydrogen-bond donors (Lipinski definition) is 1. The highest BCUT2D eigenvalue weighted by Crippen LogP contribution is 2.33. The van der Waals surface area contributed by atoms with Gasteiger partial charge >= 0.3 is 0 Å². The van der Waals surface area contributed by atoms with E-state index >= 15 is 0 Å². The first-order chi connectivity index (χ1) is 7.41. The summed E-state index contributed by atoms with van der Waals surface area (Å²) in [6.45, 7) is 10.6. The van der Waals surface area contributed by atoms with E-state index in [-0.39, 0.29) is 0 Å². The molecule has 92 valence electrons. The third-order valence-corrected chi connectivity index (χ3v) is 4.52. The van der Waals surface area contributed by atoms with Gasteiger partial charge in [0.25, 0.3) is 0 Å². The quantitative estimate of drug-likeness (QED) is 0.740. The summed E-state index contributed by atoms with van der Waals surface area (Å²) in [6, 6.07) is 0.747. The Balaban J connectivity index is 1.85. The second-order valence-corrected chi connectivity index (χ2v) is 6.28. The van der Waals surface area contributed by atoms with E-state index in [1.807, 2.05) is 0 Å². The molecule has 2 fully saturated rings. The second-order valence-electron chi connectivity index (χ2n) is 6.28.